The van der Waals surface area contributed by atoms with Gasteiger partial charge in [0.05, 0.1) is 5.41 Å². The Morgan fingerprint density at radius 2 is 0.938 bits per heavy atom. The fourth-order valence-corrected chi connectivity index (χ4v) is 10.5. The van der Waals surface area contributed by atoms with Crippen LogP contribution in [0.1, 0.15) is 51.3 Å². The van der Waals surface area contributed by atoms with Crippen LogP contribution >= 0.6 is 0 Å². The summed E-state index contributed by atoms with van der Waals surface area (Å²) in [5, 5.41) is 10.1. The molecule has 2 N–H and O–H groups in total. The summed E-state index contributed by atoms with van der Waals surface area (Å²) in [6.07, 6.45) is -0.496. The standard InChI is InChI=1S/C62H45N3/c1-5-19-42(20-6-1)45-24-17-26-48(39-45)60-63-59(44-22-7-2-8-23-44)64-61(65-60)49-27-18-25-47(40-49)58-52-32-14-13-21-43(52)35-37-53(58)46-36-38-55-54-33-15-16-34-56(54)62(57(55)41-46,50-28-9-3-10-29-50)51-30-11-4-12-31-51/h1-41,60-61,65H,(H,63,64). The van der Waals surface area contributed by atoms with Crippen molar-refractivity contribution in [1.82, 2.24) is 10.6 Å². The predicted molar refractivity (Wildman–Crippen MR) is 269 cm³/mol. The largest absolute Gasteiger partial charge is 0.350 e. The molecule has 1 aliphatic carbocycles. The summed E-state index contributed by atoms with van der Waals surface area (Å²) in [4.78, 5) is 5.38. The second kappa shape index (κ2) is 16.2. The number of rotatable bonds is 8. The zero-order valence-corrected chi connectivity index (χ0v) is 35.8. The molecule has 65 heavy (non-hydrogen) atoms. The van der Waals surface area contributed by atoms with Crippen LogP contribution in [0.3, 0.4) is 0 Å². The summed E-state index contributed by atoms with van der Waals surface area (Å²) in [5.41, 5.74) is 17.6. The first-order chi connectivity index (χ1) is 32.2. The van der Waals surface area contributed by atoms with Crippen LogP contribution in [0, 0.1) is 0 Å². The van der Waals surface area contributed by atoms with E-state index >= 15 is 0 Å². The zero-order valence-electron chi connectivity index (χ0n) is 35.8. The number of nitrogens with one attached hydrogen (secondary N) is 2. The van der Waals surface area contributed by atoms with Gasteiger partial charge < -0.3 is 5.32 Å². The third-order valence-electron chi connectivity index (χ3n) is 13.4. The number of benzene rings is 10. The maximum atomic E-state index is 5.38. The van der Waals surface area contributed by atoms with E-state index in [0.29, 0.717) is 0 Å². The number of amidine groups is 1. The van der Waals surface area contributed by atoms with Gasteiger partial charge in [0.1, 0.15) is 18.2 Å². The van der Waals surface area contributed by atoms with Gasteiger partial charge in [-0.25, -0.2) is 4.99 Å². The Labute approximate surface area is 380 Å². The van der Waals surface area contributed by atoms with Crippen molar-refractivity contribution in [3.05, 3.63) is 288 Å². The molecule has 0 aromatic heterocycles. The molecule has 10 aromatic rings. The summed E-state index contributed by atoms with van der Waals surface area (Å²) in [6, 6.07) is 90.5. The van der Waals surface area contributed by atoms with Gasteiger partial charge in [-0.3, -0.25) is 5.32 Å². The van der Waals surface area contributed by atoms with Gasteiger partial charge in [0.15, 0.2) is 0 Å². The van der Waals surface area contributed by atoms with Crippen LogP contribution in [0.4, 0.5) is 0 Å². The maximum Gasteiger partial charge on any atom is 0.131 e. The highest BCUT2D eigenvalue weighted by Gasteiger charge is 2.46. The van der Waals surface area contributed by atoms with Crippen LogP contribution < -0.4 is 10.6 Å². The monoisotopic (exact) mass is 831 g/mol. The van der Waals surface area contributed by atoms with Crippen molar-refractivity contribution in [2.45, 2.75) is 17.7 Å². The molecule has 1 aliphatic heterocycles. The topological polar surface area (TPSA) is 36.4 Å². The Balaban J connectivity index is 1.01. The number of hydrogen-bond donors (Lipinski definition) is 2. The van der Waals surface area contributed by atoms with Gasteiger partial charge in [-0.05, 0) is 107 Å². The fraction of sp³-hybridized carbons (Fsp3) is 0.0484. The van der Waals surface area contributed by atoms with E-state index in [1.54, 1.807) is 0 Å². The van der Waals surface area contributed by atoms with Crippen molar-refractivity contribution in [1.29, 1.82) is 0 Å². The molecule has 10 aromatic carbocycles. The lowest BCUT2D eigenvalue weighted by atomic mass is 9.67. The van der Waals surface area contributed by atoms with Crippen LogP contribution in [0.5, 0.6) is 0 Å². The van der Waals surface area contributed by atoms with Crippen molar-refractivity contribution < 1.29 is 0 Å². The molecule has 3 nitrogen and oxygen atoms in total. The minimum Gasteiger partial charge on any atom is -0.350 e. The molecule has 0 saturated carbocycles. The summed E-state index contributed by atoms with van der Waals surface area (Å²) in [6.45, 7) is 0. The van der Waals surface area contributed by atoms with Crippen LogP contribution in [-0.4, -0.2) is 5.84 Å². The summed E-state index contributed by atoms with van der Waals surface area (Å²) >= 11 is 0. The minimum absolute atomic E-state index is 0.182. The van der Waals surface area contributed by atoms with Crippen LogP contribution in [0.2, 0.25) is 0 Å². The zero-order chi connectivity index (χ0) is 43.2. The first-order valence-electron chi connectivity index (χ1n) is 22.5. The maximum absolute atomic E-state index is 5.38. The fourth-order valence-electron chi connectivity index (χ4n) is 10.5. The Morgan fingerprint density at radius 1 is 0.369 bits per heavy atom. The van der Waals surface area contributed by atoms with E-state index < -0.39 is 5.41 Å². The lowest BCUT2D eigenvalue weighted by Crippen LogP contribution is -2.44. The van der Waals surface area contributed by atoms with Crippen molar-refractivity contribution >= 4 is 16.6 Å². The van der Waals surface area contributed by atoms with E-state index in [2.05, 4.69) is 259 Å². The van der Waals surface area contributed by atoms with Gasteiger partial charge in [0, 0.05) is 5.56 Å². The Bertz CT molecular complexity index is 3340. The molecule has 0 spiro atoms. The van der Waals surface area contributed by atoms with Crippen molar-refractivity contribution in [3.63, 3.8) is 0 Å². The lowest BCUT2D eigenvalue weighted by molar-refractivity contribution is 0.409. The van der Waals surface area contributed by atoms with Gasteiger partial charge in [0.25, 0.3) is 0 Å². The molecule has 308 valence electrons. The minimum atomic E-state index is -0.492. The van der Waals surface area contributed by atoms with E-state index in [1.165, 1.54) is 72.0 Å². The average Bonchev–Trinajstić information content (AvgIpc) is 3.69. The number of aliphatic imine (C=N–C) groups is 1. The average molecular weight is 832 g/mol. The summed E-state index contributed by atoms with van der Waals surface area (Å²) in [5.74, 6) is 0.861. The molecule has 3 heteroatoms. The highest BCUT2D eigenvalue weighted by molar-refractivity contribution is 6.05. The highest BCUT2D eigenvalue weighted by Crippen LogP contribution is 2.57. The molecule has 0 saturated heterocycles. The molecule has 2 unspecified atom stereocenters. The molecule has 2 atom stereocenters. The molecule has 0 radical (unpaired) electrons. The van der Waals surface area contributed by atoms with Gasteiger partial charge in [-0.15, -0.1) is 0 Å². The van der Waals surface area contributed by atoms with Crippen molar-refractivity contribution in [3.8, 4) is 44.5 Å². The Kier molecular flexibility index (Phi) is 9.62. The van der Waals surface area contributed by atoms with E-state index in [-0.39, 0.29) is 12.3 Å². The predicted octanol–water partition coefficient (Wildman–Crippen LogP) is 14.5. The quantitative estimate of drug-likeness (QED) is 0.160. The van der Waals surface area contributed by atoms with E-state index in [9.17, 15) is 0 Å². The number of hydrogen-bond acceptors (Lipinski definition) is 3. The first-order valence-corrected chi connectivity index (χ1v) is 22.5. The van der Waals surface area contributed by atoms with Gasteiger partial charge in [0.2, 0.25) is 0 Å². The Morgan fingerprint density at radius 3 is 1.69 bits per heavy atom. The van der Waals surface area contributed by atoms with Crippen molar-refractivity contribution in [2.24, 2.45) is 4.99 Å². The molecule has 1 heterocycles. The molecule has 12 rings (SSSR count). The van der Waals surface area contributed by atoms with Crippen molar-refractivity contribution in [2.75, 3.05) is 0 Å². The van der Waals surface area contributed by atoms with Gasteiger partial charge >= 0.3 is 0 Å². The first kappa shape index (κ1) is 38.6. The molecule has 0 fully saturated rings. The molecule has 0 amide bonds. The molecular formula is C62H45N3. The smallest absolute Gasteiger partial charge is 0.131 e. The number of fused-ring (bicyclic) bond motifs is 4. The Hall–Kier alpha value is -8.11. The molecule has 0 bridgehead atoms. The second-order valence-corrected chi connectivity index (χ2v) is 17.1. The van der Waals surface area contributed by atoms with Crippen LogP contribution in [-0.2, 0) is 5.41 Å². The number of nitrogens with zero attached hydrogens (tertiary/aromatic N) is 1. The summed E-state index contributed by atoms with van der Waals surface area (Å²) < 4.78 is 0. The van der Waals surface area contributed by atoms with E-state index in [1.807, 2.05) is 0 Å². The summed E-state index contributed by atoms with van der Waals surface area (Å²) in [7, 11) is 0. The van der Waals surface area contributed by atoms with E-state index in [0.717, 1.165) is 28.1 Å². The SMILES string of the molecule is c1ccc(C2=NC(c3cccc(-c4c(-c5ccc6c(c5)C(c5ccccc5)(c5ccccc5)c5ccccc5-6)ccc5ccccc45)c3)NC(c3cccc(-c4ccccc4)c3)N2)cc1. The normalized spacial score (nSPS) is 16.0. The second-order valence-electron chi connectivity index (χ2n) is 17.1. The third-order valence-corrected chi connectivity index (χ3v) is 13.4. The van der Waals surface area contributed by atoms with Gasteiger partial charge in [-0.2, -0.15) is 0 Å². The molecular weight excluding hydrogens is 787 g/mol. The van der Waals surface area contributed by atoms with E-state index in [4.69, 9.17) is 4.99 Å². The molecule has 2 aliphatic rings. The lowest BCUT2D eigenvalue weighted by Gasteiger charge is -2.34. The van der Waals surface area contributed by atoms with Gasteiger partial charge in [-0.1, -0.05) is 231 Å². The third kappa shape index (κ3) is 6.68. The van der Waals surface area contributed by atoms with Crippen LogP contribution in [0.25, 0.3) is 55.3 Å². The highest BCUT2D eigenvalue weighted by atomic mass is 15.3. The van der Waals surface area contributed by atoms with Crippen LogP contribution in [0.15, 0.2) is 254 Å².